The minimum Gasteiger partial charge on any atom is -0.251 e. The SMILES string of the molecule is Cc1ccc2c(n1)-c1nc(Cl)ccc1CC2. The van der Waals surface area contributed by atoms with Crippen molar-refractivity contribution in [2.24, 2.45) is 0 Å². The number of aryl methyl sites for hydroxylation is 3. The van der Waals surface area contributed by atoms with Gasteiger partial charge in [-0.3, -0.25) is 4.98 Å². The van der Waals surface area contributed by atoms with Crippen LogP contribution in [-0.2, 0) is 12.8 Å². The van der Waals surface area contributed by atoms with Crippen molar-refractivity contribution in [2.45, 2.75) is 19.8 Å². The minimum absolute atomic E-state index is 0.537. The Kier molecular flexibility index (Phi) is 2.18. The van der Waals surface area contributed by atoms with Crippen molar-refractivity contribution in [1.29, 1.82) is 0 Å². The average molecular weight is 231 g/mol. The maximum absolute atomic E-state index is 5.94. The Morgan fingerprint density at radius 3 is 2.31 bits per heavy atom. The first-order valence-corrected chi connectivity index (χ1v) is 5.74. The van der Waals surface area contributed by atoms with E-state index in [1.54, 1.807) is 0 Å². The highest BCUT2D eigenvalue weighted by atomic mass is 35.5. The fourth-order valence-corrected chi connectivity index (χ4v) is 2.28. The number of nitrogens with zero attached hydrogens (tertiary/aromatic N) is 2. The van der Waals surface area contributed by atoms with E-state index in [-0.39, 0.29) is 0 Å². The predicted molar refractivity (Wildman–Crippen MR) is 64.6 cm³/mol. The van der Waals surface area contributed by atoms with Crippen molar-refractivity contribution in [3.63, 3.8) is 0 Å². The second-order valence-corrected chi connectivity index (χ2v) is 4.49. The second kappa shape index (κ2) is 3.56. The summed E-state index contributed by atoms with van der Waals surface area (Å²) >= 11 is 5.94. The number of pyridine rings is 2. The Hall–Kier alpha value is -1.41. The molecule has 0 amide bonds. The quantitative estimate of drug-likeness (QED) is 0.650. The standard InChI is InChI=1S/C13H11ClN2/c1-8-2-3-9-4-5-10-6-7-11(14)16-13(10)12(9)15-8/h2-3,6-7H,4-5H2,1H3. The summed E-state index contributed by atoms with van der Waals surface area (Å²) in [5, 5.41) is 0.537. The molecule has 0 spiro atoms. The molecule has 0 radical (unpaired) electrons. The zero-order chi connectivity index (χ0) is 11.1. The van der Waals surface area contributed by atoms with Crippen molar-refractivity contribution in [3.8, 4) is 11.4 Å². The van der Waals surface area contributed by atoms with Gasteiger partial charge >= 0.3 is 0 Å². The molecule has 80 valence electrons. The first-order valence-electron chi connectivity index (χ1n) is 5.36. The van der Waals surface area contributed by atoms with E-state index in [0.29, 0.717) is 5.15 Å². The fraction of sp³-hybridized carbons (Fsp3) is 0.231. The number of halogens is 1. The molecule has 16 heavy (non-hydrogen) atoms. The van der Waals surface area contributed by atoms with Crippen molar-refractivity contribution >= 4 is 11.6 Å². The first-order chi connectivity index (χ1) is 7.74. The third kappa shape index (κ3) is 1.50. The van der Waals surface area contributed by atoms with Gasteiger partial charge in [0, 0.05) is 5.69 Å². The van der Waals surface area contributed by atoms with Gasteiger partial charge in [0.05, 0.1) is 11.4 Å². The molecule has 0 aliphatic heterocycles. The highest BCUT2D eigenvalue weighted by molar-refractivity contribution is 6.29. The Labute approximate surface area is 99.3 Å². The molecule has 0 atom stereocenters. The molecule has 2 nitrogen and oxygen atoms in total. The summed E-state index contributed by atoms with van der Waals surface area (Å²) in [7, 11) is 0. The van der Waals surface area contributed by atoms with Gasteiger partial charge in [-0.25, -0.2) is 4.98 Å². The van der Waals surface area contributed by atoms with Crippen molar-refractivity contribution in [2.75, 3.05) is 0 Å². The van der Waals surface area contributed by atoms with Crippen molar-refractivity contribution < 1.29 is 0 Å². The molecular weight excluding hydrogens is 220 g/mol. The maximum atomic E-state index is 5.94. The average Bonchev–Trinajstić information content (AvgIpc) is 2.29. The largest absolute Gasteiger partial charge is 0.251 e. The van der Waals surface area contributed by atoms with Gasteiger partial charge in [-0.15, -0.1) is 0 Å². The molecule has 2 heterocycles. The van der Waals surface area contributed by atoms with Gasteiger partial charge in [0.25, 0.3) is 0 Å². The van der Waals surface area contributed by atoms with E-state index in [9.17, 15) is 0 Å². The molecule has 2 aromatic rings. The van der Waals surface area contributed by atoms with E-state index in [4.69, 9.17) is 11.6 Å². The molecule has 0 saturated heterocycles. The smallest absolute Gasteiger partial charge is 0.129 e. The summed E-state index contributed by atoms with van der Waals surface area (Å²) in [6, 6.07) is 8.09. The molecule has 0 fully saturated rings. The molecule has 0 bridgehead atoms. The van der Waals surface area contributed by atoms with Crippen LogP contribution in [0.25, 0.3) is 11.4 Å². The van der Waals surface area contributed by atoms with Crippen LogP contribution in [0.5, 0.6) is 0 Å². The van der Waals surface area contributed by atoms with Crippen LogP contribution in [0.4, 0.5) is 0 Å². The Bertz CT molecular complexity index is 512. The molecule has 1 aliphatic rings. The molecule has 2 aromatic heterocycles. The van der Waals surface area contributed by atoms with E-state index >= 15 is 0 Å². The van der Waals surface area contributed by atoms with Crippen LogP contribution in [0.15, 0.2) is 24.3 Å². The van der Waals surface area contributed by atoms with Crippen LogP contribution in [0.3, 0.4) is 0 Å². The van der Waals surface area contributed by atoms with Gasteiger partial charge in [0.15, 0.2) is 0 Å². The normalized spacial score (nSPS) is 13.1. The Balaban J connectivity index is 2.28. The summed E-state index contributed by atoms with van der Waals surface area (Å²) in [5.41, 5.74) is 5.50. The monoisotopic (exact) mass is 230 g/mol. The number of fused-ring (bicyclic) bond motifs is 3. The molecule has 0 unspecified atom stereocenters. The minimum atomic E-state index is 0.537. The number of hydrogen-bond donors (Lipinski definition) is 0. The summed E-state index contributed by atoms with van der Waals surface area (Å²) < 4.78 is 0. The summed E-state index contributed by atoms with van der Waals surface area (Å²) in [5.74, 6) is 0. The van der Waals surface area contributed by atoms with E-state index in [1.807, 2.05) is 19.1 Å². The molecule has 3 heteroatoms. The highest BCUT2D eigenvalue weighted by Gasteiger charge is 2.18. The lowest BCUT2D eigenvalue weighted by molar-refractivity contribution is 0.907. The van der Waals surface area contributed by atoms with E-state index in [1.165, 1.54) is 11.1 Å². The second-order valence-electron chi connectivity index (χ2n) is 4.10. The zero-order valence-corrected chi connectivity index (χ0v) is 9.75. The van der Waals surface area contributed by atoms with Gasteiger partial charge in [-0.05, 0) is 43.0 Å². The summed E-state index contributed by atoms with van der Waals surface area (Å²) in [4.78, 5) is 8.97. The van der Waals surface area contributed by atoms with Crippen LogP contribution in [0.1, 0.15) is 16.8 Å². The lowest BCUT2D eigenvalue weighted by Crippen LogP contribution is -2.08. The topological polar surface area (TPSA) is 25.8 Å². The Morgan fingerprint density at radius 1 is 0.938 bits per heavy atom. The maximum Gasteiger partial charge on any atom is 0.129 e. The van der Waals surface area contributed by atoms with Crippen LogP contribution in [0.2, 0.25) is 5.15 Å². The molecule has 0 N–H and O–H groups in total. The molecule has 0 aromatic carbocycles. The molecular formula is C13H11ClN2. The molecule has 3 rings (SSSR count). The van der Waals surface area contributed by atoms with E-state index in [0.717, 1.165) is 29.9 Å². The fourth-order valence-electron chi connectivity index (χ4n) is 2.13. The van der Waals surface area contributed by atoms with Crippen LogP contribution in [0, 0.1) is 6.92 Å². The third-order valence-electron chi connectivity index (χ3n) is 2.95. The van der Waals surface area contributed by atoms with Gasteiger partial charge in [0.2, 0.25) is 0 Å². The molecule has 0 saturated carbocycles. The number of hydrogen-bond acceptors (Lipinski definition) is 2. The Morgan fingerprint density at radius 2 is 1.56 bits per heavy atom. The summed E-state index contributed by atoms with van der Waals surface area (Å²) in [6.45, 7) is 2.00. The third-order valence-corrected chi connectivity index (χ3v) is 3.16. The van der Waals surface area contributed by atoms with Gasteiger partial charge in [0.1, 0.15) is 5.15 Å². The number of aromatic nitrogens is 2. The number of rotatable bonds is 0. The van der Waals surface area contributed by atoms with Crippen molar-refractivity contribution in [3.05, 3.63) is 46.2 Å². The summed E-state index contributed by atoms with van der Waals surface area (Å²) in [6.07, 6.45) is 2.07. The lowest BCUT2D eigenvalue weighted by Gasteiger charge is -2.18. The van der Waals surface area contributed by atoms with Crippen LogP contribution < -0.4 is 0 Å². The van der Waals surface area contributed by atoms with Crippen LogP contribution in [-0.4, -0.2) is 9.97 Å². The lowest BCUT2D eigenvalue weighted by atomic mass is 9.92. The highest BCUT2D eigenvalue weighted by Crippen LogP contribution is 2.31. The van der Waals surface area contributed by atoms with Crippen LogP contribution >= 0.6 is 11.6 Å². The first kappa shape index (κ1) is 9.79. The van der Waals surface area contributed by atoms with Gasteiger partial charge < -0.3 is 0 Å². The van der Waals surface area contributed by atoms with Crippen molar-refractivity contribution in [1.82, 2.24) is 9.97 Å². The van der Waals surface area contributed by atoms with E-state index in [2.05, 4.69) is 22.1 Å². The van der Waals surface area contributed by atoms with E-state index < -0.39 is 0 Å². The predicted octanol–water partition coefficient (Wildman–Crippen LogP) is 3.20. The van der Waals surface area contributed by atoms with Gasteiger partial charge in [-0.1, -0.05) is 23.7 Å². The zero-order valence-electron chi connectivity index (χ0n) is 9.00. The molecule has 1 aliphatic carbocycles. The van der Waals surface area contributed by atoms with Gasteiger partial charge in [-0.2, -0.15) is 0 Å².